The summed E-state index contributed by atoms with van der Waals surface area (Å²) in [7, 11) is 1.42. The summed E-state index contributed by atoms with van der Waals surface area (Å²) >= 11 is 0. The Morgan fingerprint density at radius 2 is 2.18 bits per heavy atom. The normalized spacial score (nSPS) is 13.9. The molecule has 1 N–H and O–H groups in total. The number of carbonyl (C=O) groups excluding carboxylic acids is 1. The summed E-state index contributed by atoms with van der Waals surface area (Å²) in [5, 5.41) is 3.27. The summed E-state index contributed by atoms with van der Waals surface area (Å²) < 4.78 is 4.87. The molecule has 1 aromatic carbocycles. The van der Waals surface area contributed by atoms with Crippen LogP contribution in [0.2, 0.25) is 0 Å². The zero-order valence-corrected chi connectivity index (χ0v) is 11.0. The van der Waals surface area contributed by atoms with Crippen molar-refractivity contribution in [1.29, 1.82) is 0 Å². The maximum Gasteiger partial charge on any atom is 0.331 e. The molecule has 17 heavy (non-hydrogen) atoms. The van der Waals surface area contributed by atoms with Gasteiger partial charge < -0.3 is 10.1 Å². The molecular formula is C14H21NO2. The molecule has 0 fully saturated rings. The van der Waals surface area contributed by atoms with Gasteiger partial charge in [-0.25, -0.2) is 4.79 Å². The smallest absolute Gasteiger partial charge is 0.331 e. The van der Waals surface area contributed by atoms with E-state index < -0.39 is 5.54 Å². The zero-order valence-electron chi connectivity index (χ0n) is 11.0. The van der Waals surface area contributed by atoms with Gasteiger partial charge in [0.15, 0.2) is 0 Å². The van der Waals surface area contributed by atoms with Crippen molar-refractivity contribution in [2.75, 3.05) is 12.4 Å². The van der Waals surface area contributed by atoms with Crippen LogP contribution in [0.25, 0.3) is 0 Å². The third kappa shape index (κ3) is 3.48. The molecule has 0 radical (unpaired) electrons. The molecule has 0 aliphatic heterocycles. The first-order valence-electron chi connectivity index (χ1n) is 5.95. The molecule has 0 saturated heterocycles. The second-order valence-corrected chi connectivity index (χ2v) is 4.57. The van der Waals surface area contributed by atoms with E-state index in [-0.39, 0.29) is 5.97 Å². The van der Waals surface area contributed by atoms with E-state index in [0.717, 1.165) is 18.5 Å². The monoisotopic (exact) mass is 235 g/mol. The van der Waals surface area contributed by atoms with Gasteiger partial charge in [-0.1, -0.05) is 25.5 Å². The predicted octanol–water partition coefficient (Wildman–Crippen LogP) is 3.14. The molecule has 0 aliphatic carbocycles. The van der Waals surface area contributed by atoms with Gasteiger partial charge in [0, 0.05) is 5.69 Å². The van der Waals surface area contributed by atoms with Crippen LogP contribution >= 0.6 is 0 Å². The highest BCUT2D eigenvalue weighted by molar-refractivity contribution is 5.84. The van der Waals surface area contributed by atoms with Gasteiger partial charge in [-0.05, 0) is 38.0 Å². The van der Waals surface area contributed by atoms with Crippen molar-refractivity contribution in [3.63, 3.8) is 0 Å². The number of rotatable bonds is 5. The fraction of sp³-hybridized carbons (Fsp3) is 0.500. The Bertz CT molecular complexity index is 390. The highest BCUT2D eigenvalue weighted by Crippen LogP contribution is 2.22. The highest BCUT2D eigenvalue weighted by atomic mass is 16.5. The average Bonchev–Trinajstić information content (AvgIpc) is 2.28. The largest absolute Gasteiger partial charge is 0.467 e. The lowest BCUT2D eigenvalue weighted by Crippen LogP contribution is -2.44. The molecular weight excluding hydrogens is 214 g/mol. The third-order valence-corrected chi connectivity index (χ3v) is 2.82. The second kappa shape index (κ2) is 5.71. The molecule has 0 saturated carbocycles. The van der Waals surface area contributed by atoms with E-state index in [9.17, 15) is 4.79 Å². The van der Waals surface area contributed by atoms with Crippen LogP contribution in [0.5, 0.6) is 0 Å². The van der Waals surface area contributed by atoms with Crippen molar-refractivity contribution in [2.24, 2.45) is 0 Å². The minimum atomic E-state index is -0.655. The van der Waals surface area contributed by atoms with E-state index in [1.54, 1.807) is 0 Å². The van der Waals surface area contributed by atoms with Crippen molar-refractivity contribution in [2.45, 2.75) is 39.2 Å². The molecule has 0 spiro atoms. The molecule has 1 rings (SSSR count). The minimum Gasteiger partial charge on any atom is -0.467 e. The van der Waals surface area contributed by atoms with Crippen LogP contribution in [0.3, 0.4) is 0 Å². The van der Waals surface area contributed by atoms with E-state index in [0.29, 0.717) is 0 Å². The standard InChI is InChI=1S/C14H21NO2/c1-5-9-14(3,13(16)17-4)15-12-8-6-7-11(2)10-12/h6-8,10,15H,5,9H2,1-4H3. The highest BCUT2D eigenvalue weighted by Gasteiger charge is 2.33. The quantitative estimate of drug-likeness (QED) is 0.797. The van der Waals surface area contributed by atoms with Crippen molar-refractivity contribution >= 4 is 11.7 Å². The maximum atomic E-state index is 11.8. The van der Waals surface area contributed by atoms with Crippen molar-refractivity contribution < 1.29 is 9.53 Å². The first-order valence-corrected chi connectivity index (χ1v) is 5.95. The molecule has 0 heterocycles. The van der Waals surface area contributed by atoms with E-state index in [2.05, 4.69) is 12.2 Å². The molecule has 0 aromatic heterocycles. The van der Waals surface area contributed by atoms with Crippen LogP contribution < -0.4 is 5.32 Å². The number of anilines is 1. The summed E-state index contributed by atoms with van der Waals surface area (Å²) in [4.78, 5) is 11.8. The number of benzene rings is 1. The predicted molar refractivity (Wildman–Crippen MR) is 70.1 cm³/mol. The van der Waals surface area contributed by atoms with Crippen molar-refractivity contribution in [1.82, 2.24) is 0 Å². The topological polar surface area (TPSA) is 38.3 Å². The fourth-order valence-corrected chi connectivity index (χ4v) is 1.98. The van der Waals surface area contributed by atoms with E-state index in [1.165, 1.54) is 12.7 Å². The molecule has 0 amide bonds. The lowest BCUT2D eigenvalue weighted by atomic mass is 9.95. The lowest BCUT2D eigenvalue weighted by Gasteiger charge is -2.28. The third-order valence-electron chi connectivity index (χ3n) is 2.82. The van der Waals surface area contributed by atoms with Crippen LogP contribution in [-0.4, -0.2) is 18.6 Å². The Balaban J connectivity index is 2.90. The van der Waals surface area contributed by atoms with Crippen LogP contribution in [0.1, 0.15) is 32.3 Å². The van der Waals surface area contributed by atoms with E-state index in [4.69, 9.17) is 4.74 Å². The average molecular weight is 235 g/mol. The maximum absolute atomic E-state index is 11.8. The summed E-state index contributed by atoms with van der Waals surface area (Å²) in [5.74, 6) is -0.221. The molecule has 0 aliphatic rings. The summed E-state index contributed by atoms with van der Waals surface area (Å²) in [6.45, 7) is 5.96. The molecule has 3 nitrogen and oxygen atoms in total. The molecule has 0 bridgehead atoms. The number of hydrogen-bond donors (Lipinski definition) is 1. The van der Waals surface area contributed by atoms with Gasteiger partial charge in [0.05, 0.1) is 7.11 Å². The van der Waals surface area contributed by atoms with Gasteiger partial charge in [0.2, 0.25) is 0 Å². The van der Waals surface area contributed by atoms with Crippen molar-refractivity contribution in [3.05, 3.63) is 29.8 Å². The van der Waals surface area contributed by atoms with Crippen LogP contribution in [0.15, 0.2) is 24.3 Å². The zero-order chi connectivity index (χ0) is 12.9. The molecule has 1 unspecified atom stereocenters. The number of hydrogen-bond acceptors (Lipinski definition) is 3. The number of ether oxygens (including phenoxy) is 1. The Hall–Kier alpha value is -1.51. The van der Waals surface area contributed by atoms with Crippen LogP contribution in [-0.2, 0) is 9.53 Å². The molecule has 94 valence electrons. The van der Waals surface area contributed by atoms with Gasteiger partial charge in [-0.15, -0.1) is 0 Å². The Labute approximate surface area is 103 Å². The first kappa shape index (κ1) is 13.6. The fourth-order valence-electron chi connectivity index (χ4n) is 1.98. The van der Waals surface area contributed by atoms with Crippen LogP contribution in [0.4, 0.5) is 5.69 Å². The number of carbonyl (C=O) groups is 1. The Kier molecular flexibility index (Phi) is 4.55. The number of aryl methyl sites for hydroxylation is 1. The SMILES string of the molecule is CCCC(C)(Nc1cccc(C)c1)C(=O)OC. The van der Waals surface area contributed by atoms with E-state index in [1.807, 2.05) is 38.1 Å². The Morgan fingerprint density at radius 1 is 1.47 bits per heavy atom. The summed E-state index contributed by atoms with van der Waals surface area (Å²) in [6, 6.07) is 7.99. The van der Waals surface area contributed by atoms with Gasteiger partial charge >= 0.3 is 5.97 Å². The molecule has 1 atom stereocenters. The molecule has 3 heteroatoms. The van der Waals surface area contributed by atoms with Crippen molar-refractivity contribution in [3.8, 4) is 0 Å². The minimum absolute atomic E-state index is 0.221. The van der Waals surface area contributed by atoms with Gasteiger partial charge in [0.1, 0.15) is 5.54 Å². The number of nitrogens with one attached hydrogen (secondary N) is 1. The summed E-state index contributed by atoms with van der Waals surface area (Å²) in [6.07, 6.45) is 1.66. The Morgan fingerprint density at radius 3 is 2.71 bits per heavy atom. The second-order valence-electron chi connectivity index (χ2n) is 4.57. The number of methoxy groups -OCH3 is 1. The first-order chi connectivity index (χ1) is 8.01. The molecule has 1 aromatic rings. The van der Waals surface area contributed by atoms with E-state index >= 15 is 0 Å². The summed E-state index contributed by atoms with van der Waals surface area (Å²) in [5.41, 5.74) is 1.46. The lowest BCUT2D eigenvalue weighted by molar-refractivity contribution is -0.145. The van der Waals surface area contributed by atoms with Gasteiger partial charge in [-0.2, -0.15) is 0 Å². The van der Waals surface area contributed by atoms with Crippen LogP contribution in [0, 0.1) is 6.92 Å². The number of esters is 1. The van der Waals surface area contributed by atoms with Gasteiger partial charge in [0.25, 0.3) is 0 Å². The van der Waals surface area contributed by atoms with Gasteiger partial charge in [-0.3, -0.25) is 0 Å².